The average molecular weight is 277 g/mol. The topological polar surface area (TPSA) is 93.5 Å². The molecule has 2 rings (SSSR count). The van der Waals surface area contributed by atoms with E-state index in [2.05, 4.69) is 10.0 Å². The van der Waals surface area contributed by atoms with Gasteiger partial charge in [0.15, 0.2) is 6.10 Å². The molecule has 0 aromatic heterocycles. The second-order valence-corrected chi connectivity index (χ2v) is 4.33. The highest BCUT2D eigenvalue weighted by atomic mass is 16.6. The summed E-state index contributed by atoms with van der Waals surface area (Å²) in [5.74, 6) is 0.230. The molecule has 1 aliphatic rings. The molecule has 0 radical (unpaired) electrons. The third kappa shape index (κ3) is 3.40. The Morgan fingerprint density at radius 2 is 2.25 bits per heavy atom. The lowest BCUT2D eigenvalue weighted by molar-refractivity contribution is -0.149. The average Bonchev–Trinajstić information content (AvgIpc) is 2.85. The van der Waals surface area contributed by atoms with Gasteiger partial charge in [0.1, 0.15) is 24.5 Å². The molecule has 3 atom stereocenters. The normalized spacial score (nSPS) is 22.8. The molecule has 0 amide bonds. The van der Waals surface area contributed by atoms with Crippen LogP contribution in [0.15, 0.2) is 35.4 Å². The van der Waals surface area contributed by atoms with E-state index in [1.807, 2.05) is 18.2 Å². The molecular weight excluding hydrogens is 262 g/mol. The van der Waals surface area contributed by atoms with Crippen molar-refractivity contribution in [2.45, 2.75) is 24.7 Å². The molecule has 0 saturated carbocycles. The van der Waals surface area contributed by atoms with E-state index in [0.29, 0.717) is 12.2 Å². The Morgan fingerprint density at radius 3 is 2.85 bits per heavy atom. The van der Waals surface area contributed by atoms with Gasteiger partial charge in [0.2, 0.25) is 0 Å². The van der Waals surface area contributed by atoms with Gasteiger partial charge in [-0.15, -0.1) is 0 Å². The van der Waals surface area contributed by atoms with Gasteiger partial charge in [-0.3, -0.25) is 0 Å². The lowest BCUT2D eigenvalue weighted by Gasteiger charge is -2.17. The maximum absolute atomic E-state index is 11.5. The first-order valence-electron chi connectivity index (χ1n) is 6.20. The highest BCUT2D eigenvalue weighted by Gasteiger charge is 2.39. The van der Waals surface area contributed by atoms with Crippen molar-refractivity contribution in [1.29, 1.82) is 0 Å². The van der Waals surface area contributed by atoms with Gasteiger partial charge >= 0.3 is 5.97 Å². The van der Waals surface area contributed by atoms with Gasteiger partial charge in [-0.25, -0.2) is 4.79 Å². The molecule has 0 aliphatic carbocycles. The predicted octanol–water partition coefficient (Wildman–Crippen LogP) is 2.07. The number of hydrogen-bond acceptors (Lipinski definition) is 5. The standard InChI is InChI=1S/C13H15N3O4/c1-18-12-7-11(20-13(12)17)10(15-16-14)8-19-9-5-3-2-4-6-9/h2-6,10-12H,7-8H2,1H3/t10-,11-,12+/m0/s1. The fraction of sp³-hybridized carbons (Fsp3) is 0.462. The van der Waals surface area contributed by atoms with Crippen LogP contribution in [0.4, 0.5) is 0 Å². The number of ether oxygens (including phenoxy) is 3. The zero-order valence-corrected chi connectivity index (χ0v) is 11.0. The summed E-state index contributed by atoms with van der Waals surface area (Å²) in [6.07, 6.45) is -0.767. The zero-order valence-electron chi connectivity index (χ0n) is 11.0. The first-order chi connectivity index (χ1) is 9.74. The van der Waals surface area contributed by atoms with Gasteiger partial charge in [-0.05, 0) is 17.7 Å². The van der Waals surface area contributed by atoms with Crippen molar-refractivity contribution in [2.75, 3.05) is 13.7 Å². The number of methoxy groups -OCH3 is 1. The molecular formula is C13H15N3O4. The molecule has 1 saturated heterocycles. The molecule has 7 nitrogen and oxygen atoms in total. The lowest BCUT2D eigenvalue weighted by Crippen LogP contribution is -2.30. The SMILES string of the molecule is CO[C@@H]1C[C@@H]([C@H](COc2ccccc2)N=[N+]=[N-])OC1=O. The number of esters is 1. The Kier molecular flexibility index (Phi) is 4.81. The number of nitrogens with zero attached hydrogens (tertiary/aromatic N) is 3. The zero-order chi connectivity index (χ0) is 14.4. The van der Waals surface area contributed by atoms with Gasteiger partial charge < -0.3 is 14.2 Å². The summed E-state index contributed by atoms with van der Waals surface area (Å²) in [4.78, 5) is 14.3. The van der Waals surface area contributed by atoms with Crippen LogP contribution in [0.3, 0.4) is 0 Å². The van der Waals surface area contributed by atoms with Gasteiger partial charge in [0, 0.05) is 18.4 Å². The summed E-state index contributed by atoms with van der Waals surface area (Å²) < 4.78 is 15.7. The minimum Gasteiger partial charge on any atom is -0.493 e. The molecule has 0 spiro atoms. The number of para-hydroxylation sites is 1. The van der Waals surface area contributed by atoms with E-state index in [1.54, 1.807) is 12.1 Å². The highest BCUT2D eigenvalue weighted by Crippen LogP contribution is 2.23. The summed E-state index contributed by atoms with van der Waals surface area (Å²) in [6.45, 7) is 0.141. The van der Waals surface area contributed by atoms with Crippen molar-refractivity contribution < 1.29 is 19.0 Å². The van der Waals surface area contributed by atoms with Gasteiger partial charge in [-0.1, -0.05) is 23.3 Å². The maximum atomic E-state index is 11.5. The summed E-state index contributed by atoms with van der Waals surface area (Å²) in [6, 6.07) is 8.57. The number of azide groups is 1. The number of carbonyl (C=O) groups excluding carboxylic acids is 1. The van der Waals surface area contributed by atoms with E-state index < -0.39 is 24.2 Å². The molecule has 0 bridgehead atoms. The molecule has 7 heteroatoms. The summed E-state index contributed by atoms with van der Waals surface area (Å²) in [5, 5.41) is 3.65. The molecule has 1 fully saturated rings. The smallest absolute Gasteiger partial charge is 0.335 e. The van der Waals surface area contributed by atoms with Crippen LogP contribution < -0.4 is 4.74 Å². The summed E-state index contributed by atoms with van der Waals surface area (Å²) in [5.41, 5.74) is 8.61. The number of hydrogen-bond donors (Lipinski definition) is 0. The molecule has 1 aromatic carbocycles. The minimum absolute atomic E-state index is 0.141. The largest absolute Gasteiger partial charge is 0.493 e. The van der Waals surface area contributed by atoms with Crippen LogP contribution in [0, 0.1) is 0 Å². The van der Waals surface area contributed by atoms with Crippen molar-refractivity contribution in [2.24, 2.45) is 5.11 Å². The Balaban J connectivity index is 1.97. The van der Waals surface area contributed by atoms with Gasteiger partial charge in [0.05, 0.1) is 0 Å². The highest BCUT2D eigenvalue weighted by molar-refractivity contribution is 5.77. The van der Waals surface area contributed by atoms with Gasteiger partial charge in [-0.2, -0.15) is 0 Å². The first kappa shape index (κ1) is 14.2. The first-order valence-corrected chi connectivity index (χ1v) is 6.20. The summed E-state index contributed by atoms with van der Waals surface area (Å²) >= 11 is 0. The molecule has 0 unspecified atom stereocenters. The molecule has 1 aromatic rings. The third-order valence-corrected chi connectivity index (χ3v) is 3.05. The van der Waals surface area contributed by atoms with Gasteiger partial charge in [0.25, 0.3) is 0 Å². The molecule has 0 N–H and O–H groups in total. The monoisotopic (exact) mass is 277 g/mol. The van der Waals surface area contributed by atoms with Crippen molar-refractivity contribution in [1.82, 2.24) is 0 Å². The Morgan fingerprint density at radius 1 is 1.50 bits per heavy atom. The van der Waals surface area contributed by atoms with Crippen LogP contribution in [-0.4, -0.2) is 37.9 Å². The van der Waals surface area contributed by atoms with Crippen molar-refractivity contribution in [3.8, 4) is 5.75 Å². The van der Waals surface area contributed by atoms with Crippen molar-refractivity contribution in [3.05, 3.63) is 40.8 Å². The van der Waals surface area contributed by atoms with Crippen LogP contribution in [0.1, 0.15) is 6.42 Å². The van der Waals surface area contributed by atoms with E-state index >= 15 is 0 Å². The van der Waals surface area contributed by atoms with E-state index in [-0.39, 0.29) is 6.61 Å². The molecule has 1 aliphatic heterocycles. The number of carbonyl (C=O) groups is 1. The van der Waals surface area contributed by atoms with Crippen LogP contribution >= 0.6 is 0 Å². The fourth-order valence-corrected chi connectivity index (χ4v) is 1.99. The second-order valence-electron chi connectivity index (χ2n) is 4.33. The molecule has 106 valence electrons. The fourth-order valence-electron chi connectivity index (χ4n) is 1.99. The van der Waals surface area contributed by atoms with Crippen LogP contribution in [0.5, 0.6) is 5.75 Å². The molecule has 1 heterocycles. The van der Waals surface area contributed by atoms with E-state index in [0.717, 1.165) is 0 Å². The number of benzene rings is 1. The third-order valence-electron chi connectivity index (χ3n) is 3.05. The Hall–Kier alpha value is -2.24. The second kappa shape index (κ2) is 6.79. The molecule has 20 heavy (non-hydrogen) atoms. The Labute approximate surface area is 116 Å². The van der Waals surface area contributed by atoms with Crippen LogP contribution in [-0.2, 0) is 14.3 Å². The number of rotatable bonds is 6. The van der Waals surface area contributed by atoms with Crippen LogP contribution in [0.25, 0.3) is 10.4 Å². The Bertz CT molecular complexity index is 502. The van der Waals surface area contributed by atoms with E-state index in [1.165, 1.54) is 7.11 Å². The van der Waals surface area contributed by atoms with Crippen molar-refractivity contribution in [3.63, 3.8) is 0 Å². The maximum Gasteiger partial charge on any atom is 0.335 e. The number of cyclic esters (lactones) is 1. The summed E-state index contributed by atoms with van der Waals surface area (Å²) in [7, 11) is 1.44. The quantitative estimate of drug-likeness (QED) is 0.344. The van der Waals surface area contributed by atoms with E-state index in [4.69, 9.17) is 19.7 Å². The predicted molar refractivity (Wildman–Crippen MR) is 70.2 cm³/mol. The van der Waals surface area contributed by atoms with E-state index in [9.17, 15) is 4.79 Å². The van der Waals surface area contributed by atoms with Crippen molar-refractivity contribution >= 4 is 5.97 Å². The minimum atomic E-state index is -0.604. The lowest BCUT2D eigenvalue weighted by atomic mass is 10.1. The van der Waals surface area contributed by atoms with Crippen LogP contribution in [0.2, 0.25) is 0 Å².